The summed E-state index contributed by atoms with van der Waals surface area (Å²) in [7, 11) is 0. The highest BCUT2D eigenvalue weighted by Crippen LogP contribution is 1.96. The van der Waals surface area contributed by atoms with Crippen LogP contribution in [0.4, 0.5) is 0 Å². The molecule has 0 bridgehead atoms. The van der Waals surface area contributed by atoms with Gasteiger partial charge in [0.05, 0.1) is 6.04 Å². The summed E-state index contributed by atoms with van der Waals surface area (Å²) in [4.78, 5) is 22.5. The number of carbonyl (C=O) groups excluding carboxylic acids is 2. The summed E-state index contributed by atoms with van der Waals surface area (Å²) in [6.45, 7) is 3.39. The van der Waals surface area contributed by atoms with Crippen LogP contribution in [-0.4, -0.2) is 22.9 Å². The summed E-state index contributed by atoms with van der Waals surface area (Å²) >= 11 is 0. The Morgan fingerprint density at radius 1 is 1.64 bits per heavy atom. The van der Waals surface area contributed by atoms with Crippen molar-refractivity contribution in [2.24, 2.45) is 0 Å². The molecule has 1 atom stereocenters. The Hall–Kier alpha value is -1.65. The topological polar surface area (TPSA) is 72.2 Å². The fraction of sp³-hybridized carbons (Fsp3) is 0.444. The molecule has 14 heavy (non-hydrogen) atoms. The number of carbonyl (C=O) groups is 2. The van der Waals surface area contributed by atoms with Gasteiger partial charge in [0.25, 0.3) is 5.91 Å². The summed E-state index contributed by atoms with van der Waals surface area (Å²) in [5.41, 5.74) is 0.181. The first-order valence-corrected chi connectivity index (χ1v) is 4.39. The average molecular weight is 196 g/mol. The molecule has 0 saturated carbocycles. The van der Waals surface area contributed by atoms with Gasteiger partial charge in [0.15, 0.2) is 11.5 Å². The van der Waals surface area contributed by atoms with Crippen LogP contribution in [0.5, 0.6) is 0 Å². The van der Waals surface area contributed by atoms with Crippen LogP contribution in [0.3, 0.4) is 0 Å². The third kappa shape index (κ3) is 2.42. The monoisotopic (exact) mass is 196 g/mol. The molecule has 0 aliphatic carbocycles. The van der Waals surface area contributed by atoms with Gasteiger partial charge in [0.2, 0.25) is 0 Å². The largest absolute Gasteiger partial charge is 0.364 e. The molecule has 1 aromatic rings. The van der Waals surface area contributed by atoms with Crippen LogP contribution in [0.15, 0.2) is 16.9 Å². The Kier molecular flexibility index (Phi) is 3.39. The fourth-order valence-corrected chi connectivity index (χ4v) is 0.987. The maximum atomic E-state index is 11.4. The molecule has 1 aromatic heterocycles. The van der Waals surface area contributed by atoms with Crippen LogP contribution in [0.1, 0.15) is 30.8 Å². The van der Waals surface area contributed by atoms with Crippen LogP contribution in [-0.2, 0) is 4.79 Å². The van der Waals surface area contributed by atoms with Gasteiger partial charge in [-0.1, -0.05) is 12.1 Å². The van der Waals surface area contributed by atoms with E-state index in [-0.39, 0.29) is 11.5 Å². The maximum Gasteiger partial charge on any atom is 0.274 e. The van der Waals surface area contributed by atoms with Crippen molar-refractivity contribution in [2.75, 3.05) is 0 Å². The van der Waals surface area contributed by atoms with Crippen molar-refractivity contribution in [1.82, 2.24) is 10.5 Å². The highest BCUT2D eigenvalue weighted by atomic mass is 16.5. The minimum Gasteiger partial charge on any atom is -0.364 e. The van der Waals surface area contributed by atoms with E-state index in [0.717, 1.165) is 0 Å². The molecule has 1 heterocycles. The molecule has 0 aliphatic heterocycles. The third-order valence-electron chi connectivity index (χ3n) is 1.85. The molecule has 1 unspecified atom stereocenters. The molecular weight excluding hydrogens is 184 g/mol. The number of nitrogens with one attached hydrogen (secondary N) is 1. The van der Waals surface area contributed by atoms with E-state index in [9.17, 15) is 9.59 Å². The van der Waals surface area contributed by atoms with Crippen LogP contribution < -0.4 is 5.32 Å². The van der Waals surface area contributed by atoms with Crippen molar-refractivity contribution in [1.29, 1.82) is 0 Å². The predicted molar refractivity (Wildman–Crippen MR) is 48.7 cm³/mol. The molecule has 5 nitrogen and oxygen atoms in total. The van der Waals surface area contributed by atoms with E-state index in [2.05, 4.69) is 15.0 Å². The maximum absolute atomic E-state index is 11.4. The lowest BCUT2D eigenvalue weighted by Gasteiger charge is -2.09. The Morgan fingerprint density at radius 2 is 2.36 bits per heavy atom. The summed E-state index contributed by atoms with van der Waals surface area (Å²) in [5.74, 6) is -0.408. The number of hydrogen-bond acceptors (Lipinski definition) is 4. The minimum atomic E-state index is -0.482. The number of hydrogen-bond donors (Lipinski definition) is 1. The smallest absolute Gasteiger partial charge is 0.274 e. The van der Waals surface area contributed by atoms with E-state index in [4.69, 9.17) is 0 Å². The van der Waals surface area contributed by atoms with E-state index in [1.54, 1.807) is 13.8 Å². The molecule has 1 N–H and O–H groups in total. The molecule has 0 spiro atoms. The van der Waals surface area contributed by atoms with E-state index >= 15 is 0 Å². The average Bonchev–Trinajstić information content (AvgIpc) is 2.69. The predicted octanol–water partition coefficient (Wildman–Crippen LogP) is 0.772. The van der Waals surface area contributed by atoms with Crippen molar-refractivity contribution in [3.8, 4) is 0 Å². The second-order valence-corrected chi connectivity index (χ2v) is 2.90. The normalized spacial score (nSPS) is 12.1. The molecule has 1 rings (SSSR count). The highest BCUT2D eigenvalue weighted by Gasteiger charge is 2.16. The first-order chi connectivity index (χ1) is 6.65. The molecule has 0 fully saturated rings. The van der Waals surface area contributed by atoms with Gasteiger partial charge in [-0.25, -0.2) is 0 Å². The Morgan fingerprint density at radius 3 is 2.86 bits per heavy atom. The van der Waals surface area contributed by atoms with E-state index in [0.29, 0.717) is 6.42 Å². The first-order valence-electron chi connectivity index (χ1n) is 4.39. The van der Waals surface area contributed by atoms with Crippen molar-refractivity contribution in [2.45, 2.75) is 26.3 Å². The molecule has 0 aromatic carbocycles. The van der Waals surface area contributed by atoms with E-state index < -0.39 is 11.9 Å². The zero-order chi connectivity index (χ0) is 10.6. The third-order valence-corrected chi connectivity index (χ3v) is 1.85. The van der Waals surface area contributed by atoms with Crippen LogP contribution >= 0.6 is 0 Å². The van der Waals surface area contributed by atoms with Crippen molar-refractivity contribution in [3.63, 3.8) is 0 Å². The number of aromatic nitrogens is 1. The fourth-order valence-electron chi connectivity index (χ4n) is 0.987. The van der Waals surface area contributed by atoms with Gasteiger partial charge in [-0.3, -0.25) is 9.59 Å². The van der Waals surface area contributed by atoms with Crippen LogP contribution in [0.25, 0.3) is 0 Å². The van der Waals surface area contributed by atoms with Crippen molar-refractivity contribution >= 4 is 11.7 Å². The van der Waals surface area contributed by atoms with Crippen LogP contribution in [0, 0.1) is 0 Å². The number of amides is 1. The summed E-state index contributed by atoms with van der Waals surface area (Å²) in [6, 6.07) is 0.961. The number of rotatable bonds is 4. The molecule has 0 radical (unpaired) electrons. The molecule has 76 valence electrons. The summed E-state index contributed by atoms with van der Waals surface area (Å²) in [5, 5.41) is 5.98. The SMILES string of the molecule is CCC(=O)C(C)NC(=O)c1ccon1. The van der Waals surface area contributed by atoms with Gasteiger partial charge < -0.3 is 9.84 Å². The number of Topliss-reactive ketones (excluding diaryl/α,β-unsaturated/α-hetero) is 1. The van der Waals surface area contributed by atoms with Crippen LogP contribution in [0.2, 0.25) is 0 Å². The van der Waals surface area contributed by atoms with Gasteiger partial charge in [-0.2, -0.15) is 0 Å². The zero-order valence-corrected chi connectivity index (χ0v) is 8.11. The Balaban J connectivity index is 2.53. The Labute approximate surface area is 81.5 Å². The van der Waals surface area contributed by atoms with Gasteiger partial charge in [0, 0.05) is 12.5 Å². The lowest BCUT2D eigenvalue weighted by atomic mass is 10.1. The number of ketones is 1. The van der Waals surface area contributed by atoms with Crippen molar-refractivity contribution < 1.29 is 14.1 Å². The Bertz CT molecular complexity index is 319. The van der Waals surface area contributed by atoms with Gasteiger partial charge in [0.1, 0.15) is 6.26 Å². The second kappa shape index (κ2) is 4.55. The van der Waals surface area contributed by atoms with E-state index in [1.165, 1.54) is 12.3 Å². The quantitative estimate of drug-likeness (QED) is 0.772. The lowest BCUT2D eigenvalue weighted by Crippen LogP contribution is -2.38. The van der Waals surface area contributed by atoms with Gasteiger partial charge in [-0.15, -0.1) is 0 Å². The molecule has 0 aliphatic rings. The molecule has 5 heteroatoms. The van der Waals surface area contributed by atoms with Gasteiger partial charge in [-0.05, 0) is 6.92 Å². The minimum absolute atomic E-state index is 0.0122. The van der Waals surface area contributed by atoms with E-state index in [1.807, 2.05) is 0 Å². The van der Waals surface area contributed by atoms with Crippen molar-refractivity contribution in [3.05, 3.63) is 18.0 Å². The van der Waals surface area contributed by atoms with Gasteiger partial charge >= 0.3 is 0 Å². The number of nitrogens with zero attached hydrogens (tertiary/aromatic N) is 1. The summed E-state index contributed by atoms with van der Waals surface area (Å²) in [6.07, 6.45) is 1.71. The zero-order valence-electron chi connectivity index (χ0n) is 8.11. The molecule has 1 amide bonds. The lowest BCUT2D eigenvalue weighted by molar-refractivity contribution is -0.120. The second-order valence-electron chi connectivity index (χ2n) is 2.90. The highest BCUT2D eigenvalue weighted by molar-refractivity contribution is 5.96. The standard InChI is InChI=1S/C9H12N2O3/c1-3-8(12)6(2)10-9(13)7-4-5-14-11-7/h4-6H,3H2,1-2H3,(H,10,13). The molecular formula is C9H12N2O3. The first kappa shape index (κ1) is 10.4. The molecule has 0 saturated heterocycles. The summed E-state index contributed by atoms with van der Waals surface area (Å²) < 4.78 is 4.51.